The first-order chi connectivity index (χ1) is 18.9. The van der Waals surface area contributed by atoms with E-state index in [0.29, 0.717) is 65.4 Å². The largest absolute Gasteiger partial charge is 0.356 e. The zero-order valence-electron chi connectivity index (χ0n) is 22.0. The molecule has 10 heteroatoms. The number of carbonyl (C=O) groups excluding carboxylic acids is 1. The second-order valence-corrected chi connectivity index (χ2v) is 10.7. The Morgan fingerprint density at radius 1 is 1.08 bits per heavy atom. The number of hydrogen-bond acceptors (Lipinski definition) is 7. The van der Waals surface area contributed by atoms with Crippen molar-refractivity contribution in [2.45, 2.75) is 57.9 Å². The van der Waals surface area contributed by atoms with Crippen molar-refractivity contribution in [1.82, 2.24) is 25.0 Å². The Morgan fingerprint density at radius 2 is 1.90 bits per heavy atom. The number of fused-ring (bicyclic) bond motifs is 1. The number of likely N-dealkylation sites (tertiary alicyclic amines) is 1. The van der Waals surface area contributed by atoms with Gasteiger partial charge in [-0.05, 0) is 43.0 Å². The van der Waals surface area contributed by atoms with E-state index in [1.807, 2.05) is 13.8 Å². The molecule has 4 heterocycles. The van der Waals surface area contributed by atoms with Crippen LogP contribution in [0.25, 0.3) is 22.0 Å². The normalized spacial score (nSPS) is 16.7. The number of benzene rings is 2. The molecule has 1 amide bonds. The molecule has 2 aliphatic heterocycles. The molecular weight excluding hydrogens is 502 g/mol. The SMILES string of the molecule is CC(C)c1nc(C2CCN(c3ncnc4c(-c5ccc(CN6CCCC6=O)c(F)c5)cc(F)cc34)CC2)no1. The van der Waals surface area contributed by atoms with Crippen LogP contribution in [0.2, 0.25) is 0 Å². The smallest absolute Gasteiger partial charge is 0.229 e. The molecule has 2 aromatic carbocycles. The quantitative estimate of drug-likeness (QED) is 0.320. The summed E-state index contributed by atoms with van der Waals surface area (Å²) in [5.41, 5.74) is 2.02. The fraction of sp³-hybridized carbons (Fsp3) is 0.414. The number of halogens is 2. The van der Waals surface area contributed by atoms with Crippen molar-refractivity contribution in [1.29, 1.82) is 0 Å². The van der Waals surface area contributed by atoms with E-state index < -0.39 is 11.6 Å². The van der Waals surface area contributed by atoms with E-state index in [9.17, 15) is 9.18 Å². The lowest BCUT2D eigenvalue weighted by molar-refractivity contribution is -0.128. The maximum atomic E-state index is 15.1. The first kappa shape index (κ1) is 25.3. The van der Waals surface area contributed by atoms with E-state index in [2.05, 4.69) is 25.0 Å². The number of aromatic nitrogens is 4. The van der Waals surface area contributed by atoms with Crippen molar-refractivity contribution < 1.29 is 18.1 Å². The highest BCUT2D eigenvalue weighted by Gasteiger charge is 2.27. The van der Waals surface area contributed by atoms with Crippen molar-refractivity contribution in [3.05, 3.63) is 65.6 Å². The fourth-order valence-corrected chi connectivity index (χ4v) is 5.51. The summed E-state index contributed by atoms with van der Waals surface area (Å²) >= 11 is 0. The van der Waals surface area contributed by atoms with Crippen LogP contribution in [0, 0.1) is 11.6 Å². The lowest BCUT2D eigenvalue weighted by Crippen LogP contribution is -2.34. The summed E-state index contributed by atoms with van der Waals surface area (Å²) in [6.45, 7) is 6.32. The molecule has 6 rings (SSSR count). The minimum Gasteiger partial charge on any atom is -0.356 e. The second kappa shape index (κ2) is 10.3. The number of carbonyl (C=O) groups is 1. The Morgan fingerprint density at radius 3 is 2.59 bits per heavy atom. The molecular formula is C29H30F2N6O2. The molecule has 2 saturated heterocycles. The van der Waals surface area contributed by atoms with Crippen LogP contribution in [0.1, 0.15) is 68.6 Å². The Bertz CT molecular complexity index is 1530. The highest BCUT2D eigenvalue weighted by Crippen LogP contribution is 2.36. The van der Waals surface area contributed by atoms with E-state index in [-0.39, 0.29) is 24.3 Å². The molecule has 0 saturated carbocycles. The van der Waals surface area contributed by atoms with Gasteiger partial charge in [0.25, 0.3) is 0 Å². The molecule has 0 aliphatic carbocycles. The zero-order chi connectivity index (χ0) is 27.1. The molecule has 2 aromatic heterocycles. The van der Waals surface area contributed by atoms with E-state index >= 15 is 4.39 Å². The van der Waals surface area contributed by atoms with Crippen LogP contribution in [0.4, 0.5) is 14.6 Å². The maximum Gasteiger partial charge on any atom is 0.229 e. The molecule has 0 N–H and O–H groups in total. The summed E-state index contributed by atoms with van der Waals surface area (Å²) in [6.07, 6.45) is 4.41. The Balaban J connectivity index is 1.26. The van der Waals surface area contributed by atoms with Gasteiger partial charge in [0.15, 0.2) is 5.82 Å². The first-order valence-corrected chi connectivity index (χ1v) is 13.5. The van der Waals surface area contributed by atoms with Crippen molar-refractivity contribution in [3.63, 3.8) is 0 Å². The average Bonchev–Trinajstić information content (AvgIpc) is 3.59. The topological polar surface area (TPSA) is 88.3 Å². The van der Waals surface area contributed by atoms with Gasteiger partial charge in [-0.25, -0.2) is 18.7 Å². The summed E-state index contributed by atoms with van der Waals surface area (Å²) in [5.74, 6) is 1.58. The molecule has 2 aliphatic rings. The highest BCUT2D eigenvalue weighted by molar-refractivity contribution is 5.99. The third-order valence-corrected chi connectivity index (χ3v) is 7.69. The van der Waals surface area contributed by atoms with Crippen LogP contribution in [-0.2, 0) is 11.3 Å². The summed E-state index contributed by atoms with van der Waals surface area (Å²) in [6, 6.07) is 7.65. The Hall–Kier alpha value is -3.95. The standard InChI is InChI=1S/C29H30F2N6O2/c1-17(2)29-34-27(35-39-29)18-7-10-36(11-8-18)28-23-14-21(30)13-22(26(23)32-16-33-28)19-5-6-20(24(31)12-19)15-37-9-3-4-25(37)38/h5-6,12-14,16-18H,3-4,7-11,15H2,1-2H3. The first-order valence-electron chi connectivity index (χ1n) is 13.5. The van der Waals surface area contributed by atoms with E-state index in [4.69, 9.17) is 4.52 Å². The van der Waals surface area contributed by atoms with Gasteiger partial charge < -0.3 is 14.3 Å². The van der Waals surface area contributed by atoms with Crippen LogP contribution >= 0.6 is 0 Å². The summed E-state index contributed by atoms with van der Waals surface area (Å²) in [5, 5.41) is 4.76. The van der Waals surface area contributed by atoms with Gasteiger partial charge in [-0.3, -0.25) is 4.79 Å². The summed E-state index contributed by atoms with van der Waals surface area (Å²) in [4.78, 5) is 29.3. The van der Waals surface area contributed by atoms with E-state index in [1.54, 1.807) is 17.0 Å². The number of rotatable bonds is 6. The van der Waals surface area contributed by atoms with Gasteiger partial charge in [0.2, 0.25) is 11.8 Å². The fourth-order valence-electron chi connectivity index (χ4n) is 5.51. The molecule has 2 fully saturated rings. The number of piperidine rings is 1. The van der Waals surface area contributed by atoms with Crippen LogP contribution < -0.4 is 4.90 Å². The third-order valence-electron chi connectivity index (χ3n) is 7.69. The third kappa shape index (κ3) is 4.95. The maximum absolute atomic E-state index is 15.1. The number of hydrogen-bond donors (Lipinski definition) is 0. The van der Waals surface area contributed by atoms with Crippen LogP contribution in [0.15, 0.2) is 41.2 Å². The van der Waals surface area contributed by atoms with Crippen molar-refractivity contribution in [3.8, 4) is 11.1 Å². The molecule has 0 atom stereocenters. The van der Waals surface area contributed by atoms with Gasteiger partial charge in [0.05, 0.1) is 5.52 Å². The molecule has 0 radical (unpaired) electrons. The zero-order valence-corrected chi connectivity index (χ0v) is 22.0. The van der Waals surface area contributed by atoms with E-state index in [1.165, 1.54) is 24.5 Å². The van der Waals surface area contributed by atoms with Gasteiger partial charge >= 0.3 is 0 Å². The lowest BCUT2D eigenvalue weighted by Gasteiger charge is -2.32. The molecule has 202 valence electrons. The van der Waals surface area contributed by atoms with E-state index in [0.717, 1.165) is 25.1 Å². The molecule has 8 nitrogen and oxygen atoms in total. The van der Waals surface area contributed by atoms with Gasteiger partial charge in [-0.1, -0.05) is 31.1 Å². The highest BCUT2D eigenvalue weighted by atomic mass is 19.1. The lowest BCUT2D eigenvalue weighted by atomic mass is 9.95. The molecule has 0 unspecified atom stereocenters. The van der Waals surface area contributed by atoms with Crippen molar-refractivity contribution >= 4 is 22.6 Å². The summed E-state index contributed by atoms with van der Waals surface area (Å²) < 4.78 is 35.4. The minimum absolute atomic E-state index is 0.0421. The van der Waals surface area contributed by atoms with Gasteiger partial charge in [-0.2, -0.15) is 4.98 Å². The minimum atomic E-state index is -0.441. The average molecular weight is 533 g/mol. The predicted molar refractivity (Wildman–Crippen MR) is 142 cm³/mol. The molecule has 4 aromatic rings. The monoisotopic (exact) mass is 532 g/mol. The molecule has 39 heavy (non-hydrogen) atoms. The van der Waals surface area contributed by atoms with Crippen LogP contribution in [-0.4, -0.2) is 50.5 Å². The molecule has 0 spiro atoms. The van der Waals surface area contributed by atoms with Crippen molar-refractivity contribution in [2.75, 3.05) is 24.5 Å². The van der Waals surface area contributed by atoms with Gasteiger partial charge in [0.1, 0.15) is 23.8 Å². The number of amides is 1. The van der Waals surface area contributed by atoms with Crippen LogP contribution in [0.5, 0.6) is 0 Å². The second-order valence-electron chi connectivity index (χ2n) is 10.7. The number of nitrogens with zero attached hydrogens (tertiary/aromatic N) is 6. The van der Waals surface area contributed by atoms with Gasteiger partial charge in [0, 0.05) is 60.9 Å². The predicted octanol–water partition coefficient (Wildman–Crippen LogP) is 5.59. The van der Waals surface area contributed by atoms with Crippen LogP contribution in [0.3, 0.4) is 0 Å². The Kier molecular flexibility index (Phi) is 6.70. The Labute approximate surface area is 225 Å². The summed E-state index contributed by atoms with van der Waals surface area (Å²) in [7, 11) is 0. The van der Waals surface area contributed by atoms with Gasteiger partial charge in [-0.15, -0.1) is 0 Å². The van der Waals surface area contributed by atoms with Crippen molar-refractivity contribution in [2.24, 2.45) is 0 Å². The number of anilines is 1. The molecule has 0 bridgehead atoms.